The van der Waals surface area contributed by atoms with Crippen molar-refractivity contribution in [1.29, 1.82) is 0 Å². The van der Waals surface area contributed by atoms with Crippen molar-refractivity contribution in [3.8, 4) is 11.4 Å². The lowest BCUT2D eigenvalue weighted by molar-refractivity contribution is 0.653. The number of para-hydroxylation sites is 3. The molecule has 0 unspecified atom stereocenters. The topological polar surface area (TPSA) is 45.6 Å². The second kappa shape index (κ2) is 4.24. The molecule has 0 aliphatic carbocycles. The standard InChI is InChI=1S/C18H14N4/c1-2-7-13-12(6-1)17-21-14-8-3-4-10-16(14)22(17)18(20-13)15-9-5-11-19-15/h1-11,18-20H/t18-/m0/s1. The first kappa shape index (κ1) is 11.6. The quantitative estimate of drug-likeness (QED) is 0.555. The Labute approximate surface area is 127 Å². The molecule has 3 heterocycles. The van der Waals surface area contributed by atoms with Gasteiger partial charge in [0.15, 0.2) is 0 Å². The summed E-state index contributed by atoms with van der Waals surface area (Å²) in [5.41, 5.74) is 5.54. The molecule has 0 amide bonds. The molecule has 1 aliphatic heterocycles. The average molecular weight is 286 g/mol. The Kier molecular flexibility index (Phi) is 2.24. The fourth-order valence-electron chi connectivity index (χ4n) is 3.24. The molecule has 1 atom stereocenters. The first-order valence-corrected chi connectivity index (χ1v) is 7.38. The highest BCUT2D eigenvalue weighted by Gasteiger charge is 2.28. The molecule has 0 saturated carbocycles. The molecule has 106 valence electrons. The second-order valence-electron chi connectivity index (χ2n) is 5.51. The van der Waals surface area contributed by atoms with E-state index in [0.717, 1.165) is 33.8 Å². The number of hydrogen-bond acceptors (Lipinski definition) is 2. The number of rotatable bonds is 1. The summed E-state index contributed by atoms with van der Waals surface area (Å²) < 4.78 is 2.27. The maximum absolute atomic E-state index is 4.86. The molecule has 2 aromatic heterocycles. The summed E-state index contributed by atoms with van der Waals surface area (Å²) >= 11 is 0. The third-order valence-corrected chi connectivity index (χ3v) is 4.23. The number of benzene rings is 2. The fraction of sp³-hybridized carbons (Fsp3) is 0.0556. The molecule has 0 radical (unpaired) electrons. The molecule has 0 bridgehead atoms. The number of aromatic amines is 1. The van der Waals surface area contributed by atoms with E-state index in [4.69, 9.17) is 4.98 Å². The minimum atomic E-state index is 0.0206. The lowest BCUT2D eigenvalue weighted by Crippen LogP contribution is -2.25. The van der Waals surface area contributed by atoms with Gasteiger partial charge in [0.25, 0.3) is 0 Å². The van der Waals surface area contributed by atoms with Crippen LogP contribution in [-0.4, -0.2) is 14.5 Å². The number of fused-ring (bicyclic) bond motifs is 5. The Morgan fingerprint density at radius 3 is 2.68 bits per heavy atom. The van der Waals surface area contributed by atoms with E-state index < -0.39 is 0 Å². The van der Waals surface area contributed by atoms with Crippen LogP contribution in [0.25, 0.3) is 22.4 Å². The second-order valence-corrected chi connectivity index (χ2v) is 5.51. The van der Waals surface area contributed by atoms with E-state index in [-0.39, 0.29) is 6.17 Å². The van der Waals surface area contributed by atoms with E-state index >= 15 is 0 Å². The van der Waals surface area contributed by atoms with Crippen molar-refractivity contribution in [3.05, 3.63) is 72.6 Å². The predicted molar refractivity (Wildman–Crippen MR) is 87.7 cm³/mol. The first-order valence-electron chi connectivity index (χ1n) is 7.38. The molecule has 5 rings (SSSR count). The summed E-state index contributed by atoms with van der Waals surface area (Å²) in [6.45, 7) is 0. The molecular weight excluding hydrogens is 272 g/mol. The van der Waals surface area contributed by atoms with E-state index in [0.29, 0.717) is 0 Å². The fourth-order valence-corrected chi connectivity index (χ4v) is 3.24. The van der Waals surface area contributed by atoms with Crippen LogP contribution in [0, 0.1) is 0 Å². The summed E-state index contributed by atoms with van der Waals surface area (Å²) in [6.07, 6.45) is 1.98. The monoisotopic (exact) mass is 286 g/mol. The molecular formula is C18H14N4. The minimum absolute atomic E-state index is 0.0206. The van der Waals surface area contributed by atoms with Crippen molar-refractivity contribution >= 4 is 16.7 Å². The summed E-state index contributed by atoms with van der Waals surface area (Å²) in [5.74, 6) is 1.01. The number of anilines is 1. The van der Waals surface area contributed by atoms with E-state index in [9.17, 15) is 0 Å². The van der Waals surface area contributed by atoms with Gasteiger partial charge in [0.2, 0.25) is 0 Å². The number of nitrogens with one attached hydrogen (secondary N) is 2. The van der Waals surface area contributed by atoms with E-state index in [2.05, 4.69) is 63.4 Å². The van der Waals surface area contributed by atoms with Gasteiger partial charge in [-0.05, 0) is 36.4 Å². The highest BCUT2D eigenvalue weighted by molar-refractivity contribution is 5.86. The number of H-pyrrole nitrogens is 1. The average Bonchev–Trinajstić information content (AvgIpc) is 3.22. The molecule has 4 nitrogen and oxygen atoms in total. The number of nitrogens with zero attached hydrogens (tertiary/aromatic N) is 2. The summed E-state index contributed by atoms with van der Waals surface area (Å²) in [4.78, 5) is 8.19. The largest absolute Gasteiger partial charge is 0.362 e. The van der Waals surface area contributed by atoms with Crippen molar-refractivity contribution < 1.29 is 0 Å². The summed E-state index contributed by atoms with van der Waals surface area (Å²) in [7, 11) is 0. The maximum Gasteiger partial charge on any atom is 0.146 e. The predicted octanol–water partition coefficient (Wildman–Crippen LogP) is 4.00. The molecule has 0 saturated heterocycles. The molecule has 22 heavy (non-hydrogen) atoms. The van der Waals surface area contributed by atoms with Crippen molar-refractivity contribution in [3.63, 3.8) is 0 Å². The van der Waals surface area contributed by atoms with Gasteiger partial charge in [-0.15, -0.1) is 0 Å². The van der Waals surface area contributed by atoms with E-state index in [1.54, 1.807) is 0 Å². The molecule has 0 spiro atoms. The van der Waals surface area contributed by atoms with Crippen LogP contribution in [0.3, 0.4) is 0 Å². The van der Waals surface area contributed by atoms with Crippen molar-refractivity contribution in [2.75, 3.05) is 5.32 Å². The SMILES string of the molecule is c1c[nH]c([C@H]2Nc3ccccc3-c3nc4ccccc4n32)c1. The van der Waals surface area contributed by atoms with Gasteiger partial charge in [0.1, 0.15) is 12.0 Å². The van der Waals surface area contributed by atoms with Crippen LogP contribution in [0.2, 0.25) is 0 Å². The third-order valence-electron chi connectivity index (χ3n) is 4.23. The molecule has 1 aliphatic rings. The summed E-state index contributed by atoms with van der Waals surface area (Å²) in [5, 5.41) is 3.63. The van der Waals surface area contributed by atoms with Gasteiger partial charge in [-0.25, -0.2) is 4.98 Å². The zero-order valence-corrected chi connectivity index (χ0v) is 11.8. The van der Waals surface area contributed by atoms with Gasteiger partial charge in [-0.2, -0.15) is 0 Å². The lowest BCUT2D eigenvalue weighted by Gasteiger charge is -2.29. The van der Waals surface area contributed by atoms with Crippen molar-refractivity contribution in [2.24, 2.45) is 0 Å². The smallest absolute Gasteiger partial charge is 0.146 e. The van der Waals surface area contributed by atoms with E-state index in [1.165, 1.54) is 0 Å². The maximum atomic E-state index is 4.86. The van der Waals surface area contributed by atoms with Gasteiger partial charge in [0, 0.05) is 17.4 Å². The van der Waals surface area contributed by atoms with Crippen LogP contribution >= 0.6 is 0 Å². The zero-order chi connectivity index (χ0) is 14.5. The minimum Gasteiger partial charge on any atom is -0.362 e. The Morgan fingerprint density at radius 2 is 1.77 bits per heavy atom. The van der Waals surface area contributed by atoms with Crippen LogP contribution in [-0.2, 0) is 0 Å². The third kappa shape index (κ3) is 1.49. The van der Waals surface area contributed by atoms with Gasteiger partial charge in [-0.3, -0.25) is 4.57 Å². The molecule has 2 N–H and O–H groups in total. The molecule has 2 aromatic carbocycles. The number of hydrogen-bond donors (Lipinski definition) is 2. The highest BCUT2D eigenvalue weighted by Crippen LogP contribution is 2.39. The number of aromatic nitrogens is 3. The Hall–Kier alpha value is -3.01. The Balaban J connectivity index is 1.87. The normalized spacial score (nSPS) is 16.1. The van der Waals surface area contributed by atoms with Crippen LogP contribution in [0.1, 0.15) is 11.9 Å². The van der Waals surface area contributed by atoms with Crippen LogP contribution in [0.4, 0.5) is 5.69 Å². The highest BCUT2D eigenvalue weighted by atomic mass is 15.3. The van der Waals surface area contributed by atoms with Gasteiger partial charge >= 0.3 is 0 Å². The lowest BCUT2D eigenvalue weighted by atomic mass is 10.1. The van der Waals surface area contributed by atoms with Crippen LogP contribution < -0.4 is 5.32 Å². The molecule has 4 aromatic rings. The zero-order valence-electron chi connectivity index (χ0n) is 11.8. The van der Waals surface area contributed by atoms with Crippen LogP contribution in [0.15, 0.2) is 66.9 Å². The first-order chi connectivity index (χ1) is 10.9. The molecule has 0 fully saturated rings. The Bertz CT molecular complexity index is 966. The molecule has 4 heteroatoms. The van der Waals surface area contributed by atoms with Gasteiger partial charge in [-0.1, -0.05) is 24.3 Å². The van der Waals surface area contributed by atoms with E-state index in [1.807, 2.05) is 18.3 Å². The van der Waals surface area contributed by atoms with Crippen molar-refractivity contribution in [1.82, 2.24) is 14.5 Å². The van der Waals surface area contributed by atoms with Crippen molar-refractivity contribution in [2.45, 2.75) is 6.17 Å². The Morgan fingerprint density at radius 1 is 0.909 bits per heavy atom. The summed E-state index contributed by atoms with van der Waals surface area (Å²) in [6, 6.07) is 20.7. The van der Waals surface area contributed by atoms with Gasteiger partial charge < -0.3 is 10.3 Å². The van der Waals surface area contributed by atoms with Crippen LogP contribution in [0.5, 0.6) is 0 Å². The van der Waals surface area contributed by atoms with Gasteiger partial charge in [0.05, 0.1) is 16.7 Å². The number of imidazole rings is 1.